The van der Waals surface area contributed by atoms with E-state index in [1.165, 1.54) is 6.07 Å². The molecule has 1 heterocycles. The Morgan fingerprint density at radius 2 is 2.06 bits per heavy atom. The van der Waals surface area contributed by atoms with Crippen LogP contribution >= 0.6 is 27.5 Å². The predicted molar refractivity (Wildman–Crippen MR) is 68.8 cm³/mol. The smallest absolute Gasteiger partial charge is 0.222 e. The van der Waals surface area contributed by atoms with Gasteiger partial charge in [0, 0.05) is 4.47 Å². The highest BCUT2D eigenvalue weighted by atomic mass is 79.9. The summed E-state index contributed by atoms with van der Waals surface area (Å²) < 4.78 is 26.8. The van der Waals surface area contributed by atoms with Crippen molar-refractivity contribution in [1.82, 2.24) is 9.97 Å². The molecule has 0 atom stereocenters. The number of nitrogens with zero attached hydrogens (tertiary/aromatic N) is 2. The third-order valence-corrected chi connectivity index (χ3v) is 2.94. The van der Waals surface area contributed by atoms with E-state index in [1.807, 2.05) is 0 Å². The zero-order chi connectivity index (χ0) is 13.3. The van der Waals surface area contributed by atoms with Gasteiger partial charge in [0.05, 0.1) is 16.9 Å². The van der Waals surface area contributed by atoms with Crippen LogP contribution in [0.1, 0.15) is 0 Å². The fourth-order valence-electron chi connectivity index (χ4n) is 1.25. The normalized spacial score (nSPS) is 10.4. The predicted octanol–water partition coefficient (Wildman–Crippen LogP) is 3.50. The Morgan fingerprint density at radius 3 is 2.72 bits per heavy atom. The van der Waals surface area contributed by atoms with Crippen LogP contribution in [-0.2, 0) is 0 Å². The van der Waals surface area contributed by atoms with E-state index in [0.29, 0.717) is 4.47 Å². The Bertz CT molecular complexity index is 585. The van der Waals surface area contributed by atoms with Crippen LogP contribution in [0, 0.1) is 11.6 Å². The molecular formula is C10H6BrClF2N4. The Labute approximate surface area is 114 Å². The molecule has 3 N–H and O–H groups in total. The van der Waals surface area contributed by atoms with Crippen LogP contribution in [0.25, 0.3) is 0 Å². The van der Waals surface area contributed by atoms with Gasteiger partial charge in [0.2, 0.25) is 5.95 Å². The second kappa shape index (κ2) is 5.03. The minimum atomic E-state index is -0.698. The van der Waals surface area contributed by atoms with Gasteiger partial charge >= 0.3 is 0 Å². The molecular weight excluding hydrogens is 329 g/mol. The molecule has 1 aromatic heterocycles. The van der Waals surface area contributed by atoms with E-state index >= 15 is 0 Å². The molecule has 0 saturated carbocycles. The number of hydrogen-bond donors (Lipinski definition) is 2. The molecule has 0 spiro atoms. The number of halogens is 4. The van der Waals surface area contributed by atoms with Crippen LogP contribution in [0.4, 0.5) is 26.2 Å². The zero-order valence-electron chi connectivity index (χ0n) is 8.72. The number of nitrogens with one attached hydrogen (secondary N) is 1. The summed E-state index contributed by atoms with van der Waals surface area (Å²) in [6, 6.07) is 2.29. The van der Waals surface area contributed by atoms with E-state index in [-0.39, 0.29) is 22.5 Å². The summed E-state index contributed by atoms with van der Waals surface area (Å²) in [4.78, 5) is 7.17. The lowest BCUT2D eigenvalue weighted by molar-refractivity contribution is 0.619. The first-order valence-electron chi connectivity index (χ1n) is 4.67. The molecule has 1 aromatic carbocycles. The van der Waals surface area contributed by atoms with Crippen molar-refractivity contribution in [2.45, 2.75) is 0 Å². The molecule has 0 unspecified atom stereocenters. The summed E-state index contributed by atoms with van der Waals surface area (Å²) in [6.45, 7) is 0. The van der Waals surface area contributed by atoms with Crippen LogP contribution in [-0.4, -0.2) is 9.97 Å². The SMILES string of the molecule is Nc1ncc(F)c(Nc2c(Cl)cc(F)cc2Br)n1. The van der Waals surface area contributed by atoms with E-state index in [9.17, 15) is 8.78 Å². The number of benzene rings is 1. The number of nitrogen functional groups attached to an aromatic ring is 1. The minimum absolute atomic E-state index is 0.0819. The van der Waals surface area contributed by atoms with Gasteiger partial charge in [-0.1, -0.05) is 11.6 Å². The molecule has 18 heavy (non-hydrogen) atoms. The maximum absolute atomic E-state index is 13.4. The lowest BCUT2D eigenvalue weighted by Crippen LogP contribution is -2.03. The van der Waals surface area contributed by atoms with Crippen molar-refractivity contribution in [1.29, 1.82) is 0 Å². The fourth-order valence-corrected chi connectivity index (χ4v) is 2.15. The molecule has 0 amide bonds. The second-order valence-corrected chi connectivity index (χ2v) is 4.56. The first kappa shape index (κ1) is 13.0. The Hall–Kier alpha value is -1.47. The highest BCUT2D eigenvalue weighted by Crippen LogP contribution is 2.34. The maximum atomic E-state index is 13.4. The van der Waals surface area contributed by atoms with E-state index in [0.717, 1.165) is 12.3 Å². The lowest BCUT2D eigenvalue weighted by Gasteiger charge is -2.10. The van der Waals surface area contributed by atoms with E-state index in [4.69, 9.17) is 17.3 Å². The Kier molecular flexibility index (Phi) is 3.63. The van der Waals surface area contributed by atoms with Crippen molar-refractivity contribution in [3.05, 3.63) is 39.5 Å². The summed E-state index contributed by atoms with van der Waals surface area (Å²) in [7, 11) is 0. The maximum Gasteiger partial charge on any atom is 0.222 e. The number of rotatable bonds is 2. The molecule has 0 fully saturated rings. The van der Waals surface area contributed by atoms with Gasteiger partial charge < -0.3 is 11.1 Å². The highest BCUT2D eigenvalue weighted by Gasteiger charge is 2.12. The first-order chi connectivity index (χ1) is 8.47. The van der Waals surface area contributed by atoms with Crippen molar-refractivity contribution < 1.29 is 8.78 Å². The van der Waals surface area contributed by atoms with E-state index in [2.05, 4.69) is 31.2 Å². The van der Waals surface area contributed by atoms with E-state index < -0.39 is 11.6 Å². The summed E-state index contributed by atoms with van der Waals surface area (Å²) >= 11 is 8.96. The van der Waals surface area contributed by atoms with Crippen LogP contribution in [0.2, 0.25) is 5.02 Å². The monoisotopic (exact) mass is 334 g/mol. The van der Waals surface area contributed by atoms with Crippen LogP contribution < -0.4 is 11.1 Å². The summed E-state index contributed by atoms with van der Waals surface area (Å²) in [5.41, 5.74) is 5.63. The van der Waals surface area contributed by atoms with Gasteiger partial charge in [-0.05, 0) is 28.1 Å². The van der Waals surface area contributed by atoms with Gasteiger partial charge in [-0.2, -0.15) is 4.98 Å². The number of nitrogens with two attached hydrogens (primary N) is 1. The van der Waals surface area contributed by atoms with E-state index in [1.54, 1.807) is 0 Å². The van der Waals surface area contributed by atoms with Gasteiger partial charge in [0.1, 0.15) is 5.82 Å². The summed E-state index contributed by atoms with van der Waals surface area (Å²) in [5, 5.41) is 2.71. The van der Waals surface area contributed by atoms with Crippen molar-refractivity contribution in [3.63, 3.8) is 0 Å². The largest absolute Gasteiger partial charge is 0.368 e. The molecule has 0 aliphatic carbocycles. The fraction of sp³-hybridized carbons (Fsp3) is 0. The minimum Gasteiger partial charge on any atom is -0.368 e. The van der Waals surface area contributed by atoms with Gasteiger partial charge in [-0.3, -0.25) is 0 Å². The third kappa shape index (κ3) is 2.68. The van der Waals surface area contributed by atoms with Gasteiger partial charge in [-0.15, -0.1) is 0 Å². The molecule has 0 saturated heterocycles. The van der Waals surface area contributed by atoms with Crippen LogP contribution in [0.15, 0.2) is 22.8 Å². The highest BCUT2D eigenvalue weighted by molar-refractivity contribution is 9.10. The average Bonchev–Trinajstić information content (AvgIpc) is 2.28. The number of hydrogen-bond acceptors (Lipinski definition) is 4. The lowest BCUT2D eigenvalue weighted by atomic mass is 10.3. The van der Waals surface area contributed by atoms with Crippen molar-refractivity contribution in [2.75, 3.05) is 11.1 Å². The first-order valence-corrected chi connectivity index (χ1v) is 5.84. The molecule has 4 nitrogen and oxygen atoms in total. The summed E-state index contributed by atoms with van der Waals surface area (Å²) in [6.07, 6.45) is 0.927. The number of aromatic nitrogens is 2. The Morgan fingerprint density at radius 1 is 1.33 bits per heavy atom. The van der Waals surface area contributed by atoms with Crippen molar-refractivity contribution in [2.24, 2.45) is 0 Å². The van der Waals surface area contributed by atoms with Crippen molar-refractivity contribution in [3.8, 4) is 0 Å². The van der Waals surface area contributed by atoms with Crippen molar-refractivity contribution >= 4 is 45.0 Å². The quantitative estimate of drug-likeness (QED) is 0.882. The zero-order valence-corrected chi connectivity index (χ0v) is 11.1. The van der Waals surface area contributed by atoms with Crippen LogP contribution in [0.3, 0.4) is 0 Å². The average molecular weight is 336 g/mol. The Balaban J connectivity index is 2.43. The van der Waals surface area contributed by atoms with Gasteiger partial charge in [-0.25, -0.2) is 13.8 Å². The number of anilines is 3. The third-order valence-electron chi connectivity index (χ3n) is 2.01. The molecule has 8 heteroatoms. The molecule has 0 radical (unpaired) electrons. The summed E-state index contributed by atoms with van der Waals surface area (Å²) in [5.74, 6) is -1.44. The molecule has 2 rings (SSSR count). The molecule has 94 valence electrons. The topological polar surface area (TPSA) is 63.8 Å². The van der Waals surface area contributed by atoms with Crippen LogP contribution in [0.5, 0.6) is 0 Å². The van der Waals surface area contributed by atoms with Gasteiger partial charge in [0.15, 0.2) is 11.6 Å². The van der Waals surface area contributed by atoms with Gasteiger partial charge in [0.25, 0.3) is 0 Å². The molecule has 2 aromatic rings. The molecule has 0 bridgehead atoms. The second-order valence-electron chi connectivity index (χ2n) is 3.29. The standard InChI is InChI=1S/C10H6BrClF2N4/c11-5-1-4(13)2-6(12)8(5)17-9-7(14)3-16-10(15)18-9/h1-3H,(H3,15,16,17,18). The molecule has 0 aliphatic rings. The molecule has 0 aliphatic heterocycles.